The van der Waals surface area contributed by atoms with E-state index in [-0.39, 0.29) is 5.69 Å². The van der Waals surface area contributed by atoms with Crippen molar-refractivity contribution >= 4 is 27.5 Å². The zero-order chi connectivity index (χ0) is 15.5. The monoisotopic (exact) mass is 330 g/mol. The van der Waals surface area contributed by atoms with Gasteiger partial charge in [-0.3, -0.25) is 15.1 Å². The Morgan fingerprint density at radius 1 is 1.57 bits per heavy atom. The molecule has 116 valence electrons. The summed E-state index contributed by atoms with van der Waals surface area (Å²) in [4.78, 5) is 17.6. The van der Waals surface area contributed by atoms with Crippen LogP contribution in [0, 0.1) is 0 Å². The fourth-order valence-corrected chi connectivity index (χ4v) is 5.11. The van der Waals surface area contributed by atoms with Crippen molar-refractivity contribution in [3.8, 4) is 0 Å². The number of carbonyl (C=O) groups excluding carboxylic acids is 1. The Balaban J connectivity index is 2.18. The van der Waals surface area contributed by atoms with Gasteiger partial charge in [0, 0.05) is 30.9 Å². The first-order chi connectivity index (χ1) is 9.91. The van der Waals surface area contributed by atoms with Gasteiger partial charge in [0.1, 0.15) is 11.1 Å². The van der Waals surface area contributed by atoms with E-state index < -0.39 is 21.1 Å². The van der Waals surface area contributed by atoms with E-state index in [4.69, 9.17) is 5.84 Å². The minimum atomic E-state index is -3.15. The zero-order valence-electron chi connectivity index (χ0n) is 11.7. The molecule has 0 aromatic carbocycles. The number of sulfone groups is 1. The van der Waals surface area contributed by atoms with Crippen LogP contribution >= 0.6 is 11.8 Å². The van der Waals surface area contributed by atoms with Crippen LogP contribution in [0.2, 0.25) is 0 Å². The maximum atomic E-state index is 11.9. The highest BCUT2D eigenvalue weighted by atomic mass is 32.2. The number of nitrogens with two attached hydrogens (primary N) is 1. The smallest absolute Gasteiger partial charge is 0.283 e. The predicted octanol–water partition coefficient (Wildman–Crippen LogP) is -0.395. The van der Waals surface area contributed by atoms with Crippen LogP contribution in [0.25, 0.3) is 0 Å². The third-order valence-electron chi connectivity index (χ3n) is 3.22. The number of hydrazine groups is 1. The lowest BCUT2D eigenvalue weighted by atomic mass is 10.2. The molecule has 9 heteroatoms. The molecule has 0 spiro atoms. The van der Waals surface area contributed by atoms with Gasteiger partial charge in [0.15, 0.2) is 9.84 Å². The molecule has 1 saturated heterocycles. The normalized spacial score (nSPS) is 20.2. The fraction of sp³-hybridized carbons (Fsp3) is 0.500. The SMILES string of the molecule is CS(=O)(=O)C1CSCCN1Cc1cccc(C(=O)NN)n1. The Labute approximate surface area is 128 Å². The van der Waals surface area contributed by atoms with Crippen molar-refractivity contribution < 1.29 is 13.2 Å². The number of amides is 1. The van der Waals surface area contributed by atoms with Gasteiger partial charge in [-0.15, -0.1) is 0 Å². The van der Waals surface area contributed by atoms with Gasteiger partial charge in [0.2, 0.25) is 0 Å². The minimum Gasteiger partial charge on any atom is -0.289 e. The zero-order valence-corrected chi connectivity index (χ0v) is 13.3. The molecule has 0 aliphatic carbocycles. The lowest BCUT2D eigenvalue weighted by Gasteiger charge is -2.33. The number of nitrogen functional groups attached to an aromatic ring is 1. The maximum Gasteiger partial charge on any atom is 0.283 e. The Hall–Kier alpha value is -1.16. The summed E-state index contributed by atoms with van der Waals surface area (Å²) in [5, 5.41) is -0.509. The summed E-state index contributed by atoms with van der Waals surface area (Å²) >= 11 is 1.63. The van der Waals surface area contributed by atoms with E-state index in [1.165, 1.54) is 6.26 Å². The number of rotatable bonds is 4. The Morgan fingerprint density at radius 3 is 3.00 bits per heavy atom. The van der Waals surface area contributed by atoms with Crippen LogP contribution in [0.4, 0.5) is 0 Å². The summed E-state index contributed by atoms with van der Waals surface area (Å²) in [7, 11) is -3.15. The number of hydrogen-bond acceptors (Lipinski definition) is 7. The molecule has 3 N–H and O–H groups in total. The Bertz CT molecular complexity index is 621. The number of thioether (sulfide) groups is 1. The molecule has 1 aromatic heterocycles. The van der Waals surface area contributed by atoms with Crippen LogP contribution in [-0.2, 0) is 16.4 Å². The summed E-state index contributed by atoms with van der Waals surface area (Å²) in [6.45, 7) is 1.07. The number of hydrogen-bond donors (Lipinski definition) is 2. The van der Waals surface area contributed by atoms with E-state index >= 15 is 0 Å². The second-order valence-corrected chi connectivity index (χ2v) is 8.17. The van der Waals surface area contributed by atoms with Crippen LogP contribution in [0.1, 0.15) is 16.2 Å². The quantitative estimate of drug-likeness (QED) is 0.440. The van der Waals surface area contributed by atoms with E-state index in [1.807, 2.05) is 10.3 Å². The third-order valence-corrected chi connectivity index (χ3v) is 5.91. The van der Waals surface area contributed by atoms with Crippen molar-refractivity contribution in [1.82, 2.24) is 15.3 Å². The lowest BCUT2D eigenvalue weighted by molar-refractivity contribution is 0.0948. The number of nitrogens with one attached hydrogen (secondary N) is 1. The van der Waals surface area contributed by atoms with Gasteiger partial charge in [-0.25, -0.2) is 19.2 Å². The fourth-order valence-electron chi connectivity index (χ4n) is 2.17. The van der Waals surface area contributed by atoms with Crippen LogP contribution in [-0.4, -0.2) is 53.9 Å². The van der Waals surface area contributed by atoms with Crippen molar-refractivity contribution in [1.29, 1.82) is 0 Å². The molecule has 0 radical (unpaired) electrons. The Morgan fingerprint density at radius 2 is 2.33 bits per heavy atom. The van der Waals surface area contributed by atoms with E-state index in [0.29, 0.717) is 24.5 Å². The van der Waals surface area contributed by atoms with Crippen LogP contribution in [0.5, 0.6) is 0 Å². The van der Waals surface area contributed by atoms with Crippen molar-refractivity contribution in [2.75, 3.05) is 24.3 Å². The van der Waals surface area contributed by atoms with Crippen molar-refractivity contribution in [2.24, 2.45) is 5.84 Å². The number of aromatic nitrogens is 1. The minimum absolute atomic E-state index is 0.220. The summed E-state index contributed by atoms with van der Waals surface area (Å²) in [6, 6.07) is 5.04. The van der Waals surface area contributed by atoms with Gasteiger partial charge in [-0.1, -0.05) is 6.07 Å². The lowest BCUT2D eigenvalue weighted by Crippen LogP contribution is -2.46. The first-order valence-electron chi connectivity index (χ1n) is 6.39. The van der Waals surface area contributed by atoms with E-state index in [9.17, 15) is 13.2 Å². The standard InChI is InChI=1S/C12H18N4O3S2/c1-21(18,19)11-8-20-6-5-16(11)7-9-3-2-4-10(14-9)12(17)15-13/h2-4,11H,5-8,13H2,1H3,(H,15,17). The molecule has 1 aromatic rings. The molecule has 1 unspecified atom stereocenters. The third kappa shape index (κ3) is 4.16. The molecule has 7 nitrogen and oxygen atoms in total. The summed E-state index contributed by atoms with van der Waals surface area (Å²) in [5.74, 6) is 6.06. The second-order valence-electron chi connectivity index (χ2n) is 4.82. The van der Waals surface area contributed by atoms with Gasteiger partial charge in [0.25, 0.3) is 5.91 Å². The molecule has 21 heavy (non-hydrogen) atoms. The maximum absolute atomic E-state index is 11.9. The molecule has 2 heterocycles. The molecule has 1 aliphatic heterocycles. The Kier molecular flexibility index (Phi) is 5.20. The molecule has 0 bridgehead atoms. The first-order valence-corrected chi connectivity index (χ1v) is 9.50. The summed E-state index contributed by atoms with van der Waals surface area (Å²) in [5.41, 5.74) is 2.90. The number of nitrogens with zero attached hydrogens (tertiary/aromatic N) is 2. The number of pyridine rings is 1. The average Bonchev–Trinajstić information content (AvgIpc) is 2.46. The molecule has 1 fully saturated rings. The molecule has 2 rings (SSSR count). The predicted molar refractivity (Wildman–Crippen MR) is 82.3 cm³/mol. The van der Waals surface area contributed by atoms with Crippen molar-refractivity contribution in [2.45, 2.75) is 11.9 Å². The summed E-state index contributed by atoms with van der Waals surface area (Å²) < 4.78 is 23.7. The highest BCUT2D eigenvalue weighted by Crippen LogP contribution is 2.22. The topological polar surface area (TPSA) is 105 Å². The molecular formula is C12H18N4O3S2. The second kappa shape index (κ2) is 6.73. The van der Waals surface area contributed by atoms with E-state index in [2.05, 4.69) is 4.98 Å². The van der Waals surface area contributed by atoms with Crippen molar-refractivity contribution in [3.05, 3.63) is 29.6 Å². The van der Waals surface area contributed by atoms with Crippen molar-refractivity contribution in [3.63, 3.8) is 0 Å². The van der Waals surface area contributed by atoms with E-state index in [0.717, 1.165) is 5.75 Å². The highest BCUT2D eigenvalue weighted by Gasteiger charge is 2.31. The van der Waals surface area contributed by atoms with Crippen LogP contribution in [0.15, 0.2) is 18.2 Å². The van der Waals surface area contributed by atoms with Gasteiger partial charge >= 0.3 is 0 Å². The average molecular weight is 330 g/mol. The van der Waals surface area contributed by atoms with Gasteiger partial charge in [0.05, 0.1) is 5.69 Å². The molecular weight excluding hydrogens is 312 g/mol. The molecule has 1 aliphatic rings. The first kappa shape index (κ1) is 16.2. The molecule has 0 saturated carbocycles. The van der Waals surface area contributed by atoms with E-state index in [1.54, 1.807) is 30.0 Å². The van der Waals surface area contributed by atoms with Crippen LogP contribution < -0.4 is 11.3 Å². The number of carbonyl (C=O) groups is 1. The van der Waals surface area contributed by atoms with Gasteiger partial charge in [-0.2, -0.15) is 11.8 Å². The van der Waals surface area contributed by atoms with Gasteiger partial charge < -0.3 is 0 Å². The highest BCUT2D eigenvalue weighted by molar-refractivity contribution is 8.00. The molecule has 1 amide bonds. The molecule has 1 atom stereocenters. The van der Waals surface area contributed by atoms with Gasteiger partial charge in [-0.05, 0) is 12.1 Å². The largest absolute Gasteiger partial charge is 0.289 e. The van der Waals surface area contributed by atoms with Crippen LogP contribution in [0.3, 0.4) is 0 Å². The summed E-state index contributed by atoms with van der Waals surface area (Å²) in [6.07, 6.45) is 1.25.